The van der Waals surface area contributed by atoms with Crippen molar-refractivity contribution >= 4 is 22.6 Å². The Labute approximate surface area is 219 Å². The molecule has 1 aromatic heterocycles. The lowest BCUT2D eigenvalue weighted by atomic mass is 9.96. The van der Waals surface area contributed by atoms with E-state index in [-0.39, 0.29) is 5.91 Å². The topological polar surface area (TPSA) is 59.4 Å². The number of carbonyl (C=O) groups is 1. The molecule has 6 heteroatoms. The van der Waals surface area contributed by atoms with E-state index < -0.39 is 0 Å². The summed E-state index contributed by atoms with van der Waals surface area (Å²) in [5.41, 5.74) is 5.44. The number of aryl methyl sites for hydroxylation is 2. The summed E-state index contributed by atoms with van der Waals surface area (Å²) < 4.78 is 8.38. The van der Waals surface area contributed by atoms with Crippen molar-refractivity contribution in [2.75, 3.05) is 25.0 Å². The van der Waals surface area contributed by atoms with Gasteiger partial charge in [0.05, 0.1) is 17.6 Å². The van der Waals surface area contributed by atoms with Gasteiger partial charge in [-0.3, -0.25) is 9.69 Å². The quantitative estimate of drug-likeness (QED) is 0.316. The molecule has 3 aromatic carbocycles. The Morgan fingerprint density at radius 1 is 1.00 bits per heavy atom. The number of benzene rings is 3. The molecule has 4 aromatic rings. The Morgan fingerprint density at radius 3 is 2.54 bits per heavy atom. The average molecular weight is 497 g/mol. The number of amides is 1. The molecule has 0 bridgehead atoms. The number of carbonyl (C=O) groups excluding carboxylic acids is 1. The fourth-order valence-electron chi connectivity index (χ4n) is 5.27. The van der Waals surface area contributed by atoms with E-state index in [1.54, 1.807) is 0 Å². The molecule has 1 fully saturated rings. The number of hydrogen-bond donors (Lipinski definition) is 1. The highest BCUT2D eigenvalue weighted by atomic mass is 16.5. The van der Waals surface area contributed by atoms with Crippen LogP contribution in [0.25, 0.3) is 11.0 Å². The molecule has 1 N–H and O–H groups in total. The monoisotopic (exact) mass is 496 g/mol. The highest BCUT2D eigenvalue weighted by molar-refractivity contribution is 5.93. The van der Waals surface area contributed by atoms with Crippen LogP contribution < -0.4 is 10.1 Å². The number of likely N-dealkylation sites (tertiary alicyclic amines) is 1. The molecule has 1 amide bonds. The van der Waals surface area contributed by atoms with Crippen LogP contribution in [0.1, 0.15) is 36.7 Å². The second-order valence-electron chi connectivity index (χ2n) is 9.96. The molecule has 6 nitrogen and oxygen atoms in total. The third-order valence-corrected chi connectivity index (χ3v) is 7.36. The minimum Gasteiger partial charge on any atom is -0.486 e. The van der Waals surface area contributed by atoms with Gasteiger partial charge in [0.15, 0.2) is 0 Å². The van der Waals surface area contributed by atoms with Crippen molar-refractivity contribution in [2.24, 2.45) is 5.92 Å². The maximum absolute atomic E-state index is 12.8. The summed E-state index contributed by atoms with van der Waals surface area (Å²) in [6.07, 6.45) is 3.02. The number of hydrogen-bond acceptors (Lipinski definition) is 4. The van der Waals surface area contributed by atoms with Gasteiger partial charge in [-0.25, -0.2) is 4.98 Å². The van der Waals surface area contributed by atoms with Gasteiger partial charge < -0.3 is 14.6 Å². The van der Waals surface area contributed by atoms with E-state index in [0.29, 0.717) is 19.1 Å². The summed E-state index contributed by atoms with van der Waals surface area (Å²) >= 11 is 0. The van der Waals surface area contributed by atoms with Gasteiger partial charge >= 0.3 is 0 Å². The second kappa shape index (κ2) is 11.6. The van der Waals surface area contributed by atoms with Crippen LogP contribution in [-0.2, 0) is 24.4 Å². The zero-order valence-electron chi connectivity index (χ0n) is 21.8. The standard InChI is InChI=1S/C31H36N4O2/c1-3-25-11-9-10-23(2)31(25)33-30(36)21-34-18-16-24(17-19-34)20-35-28-15-8-7-14-27(28)32-29(35)22-37-26-12-5-4-6-13-26/h4-15,24H,3,16-22H2,1-2H3,(H,33,36). The molecule has 1 aliphatic heterocycles. The predicted molar refractivity (Wildman–Crippen MR) is 149 cm³/mol. The van der Waals surface area contributed by atoms with E-state index in [1.165, 1.54) is 5.56 Å². The van der Waals surface area contributed by atoms with Gasteiger partial charge in [-0.2, -0.15) is 0 Å². The van der Waals surface area contributed by atoms with Gasteiger partial charge in [0, 0.05) is 12.2 Å². The van der Waals surface area contributed by atoms with Gasteiger partial charge in [-0.1, -0.05) is 55.5 Å². The number of piperidine rings is 1. The number of anilines is 1. The molecular formula is C31H36N4O2. The number of aromatic nitrogens is 2. The molecule has 0 atom stereocenters. The van der Waals surface area contributed by atoms with Gasteiger partial charge in [0.1, 0.15) is 18.2 Å². The molecular weight excluding hydrogens is 460 g/mol. The van der Waals surface area contributed by atoms with Crippen LogP contribution in [0.5, 0.6) is 5.75 Å². The molecule has 0 spiro atoms. The summed E-state index contributed by atoms with van der Waals surface area (Å²) in [7, 11) is 0. The molecule has 0 aliphatic carbocycles. The van der Waals surface area contributed by atoms with E-state index in [2.05, 4.69) is 65.0 Å². The van der Waals surface area contributed by atoms with Crippen LogP contribution >= 0.6 is 0 Å². The molecule has 0 radical (unpaired) electrons. The predicted octanol–water partition coefficient (Wildman–Crippen LogP) is 5.84. The maximum Gasteiger partial charge on any atom is 0.238 e. The first kappa shape index (κ1) is 25.0. The summed E-state index contributed by atoms with van der Waals surface area (Å²) in [5.74, 6) is 2.42. The average Bonchev–Trinajstić information content (AvgIpc) is 3.27. The molecule has 37 heavy (non-hydrogen) atoms. The van der Waals surface area contributed by atoms with Crippen LogP contribution in [0.2, 0.25) is 0 Å². The lowest BCUT2D eigenvalue weighted by Crippen LogP contribution is -2.40. The summed E-state index contributed by atoms with van der Waals surface area (Å²) in [4.78, 5) is 20.0. The molecule has 1 saturated heterocycles. The summed E-state index contributed by atoms with van der Waals surface area (Å²) in [5, 5.41) is 3.17. The molecule has 1 aliphatic rings. The minimum absolute atomic E-state index is 0.0726. The van der Waals surface area contributed by atoms with Crippen molar-refractivity contribution in [1.29, 1.82) is 0 Å². The van der Waals surface area contributed by atoms with Crippen LogP contribution in [0.15, 0.2) is 72.8 Å². The Morgan fingerprint density at radius 2 is 1.76 bits per heavy atom. The fourth-order valence-corrected chi connectivity index (χ4v) is 5.27. The Bertz CT molecular complexity index is 1340. The third-order valence-electron chi connectivity index (χ3n) is 7.36. The second-order valence-corrected chi connectivity index (χ2v) is 9.96. The Kier molecular flexibility index (Phi) is 7.85. The molecule has 5 rings (SSSR count). The molecule has 2 heterocycles. The number of imidazole rings is 1. The maximum atomic E-state index is 12.8. The van der Waals surface area contributed by atoms with E-state index in [0.717, 1.165) is 72.8 Å². The van der Waals surface area contributed by atoms with E-state index >= 15 is 0 Å². The van der Waals surface area contributed by atoms with Crippen molar-refractivity contribution in [3.63, 3.8) is 0 Å². The third kappa shape index (κ3) is 6.03. The van der Waals surface area contributed by atoms with Gasteiger partial charge in [-0.15, -0.1) is 0 Å². The first-order chi connectivity index (χ1) is 18.1. The number of nitrogens with zero attached hydrogens (tertiary/aromatic N) is 3. The van der Waals surface area contributed by atoms with Crippen LogP contribution in [0.3, 0.4) is 0 Å². The zero-order valence-corrected chi connectivity index (χ0v) is 21.8. The zero-order chi connectivity index (χ0) is 25.6. The van der Waals surface area contributed by atoms with Crippen molar-refractivity contribution in [1.82, 2.24) is 14.5 Å². The number of nitrogens with one attached hydrogen (secondary N) is 1. The van der Waals surface area contributed by atoms with Gasteiger partial charge in [0.2, 0.25) is 5.91 Å². The van der Waals surface area contributed by atoms with Crippen LogP contribution in [-0.4, -0.2) is 40.0 Å². The Balaban J connectivity index is 1.19. The van der Waals surface area contributed by atoms with E-state index in [9.17, 15) is 4.79 Å². The summed E-state index contributed by atoms with van der Waals surface area (Å²) in [6.45, 7) is 7.82. The highest BCUT2D eigenvalue weighted by Gasteiger charge is 2.23. The number of fused-ring (bicyclic) bond motifs is 1. The van der Waals surface area contributed by atoms with Crippen molar-refractivity contribution in [2.45, 2.75) is 46.3 Å². The number of rotatable bonds is 9. The minimum atomic E-state index is 0.0726. The van der Waals surface area contributed by atoms with Gasteiger partial charge in [0.25, 0.3) is 0 Å². The highest BCUT2D eigenvalue weighted by Crippen LogP contribution is 2.25. The van der Waals surface area contributed by atoms with Crippen molar-refractivity contribution in [3.05, 3.63) is 89.7 Å². The van der Waals surface area contributed by atoms with Gasteiger partial charge in [-0.05, 0) is 80.6 Å². The lowest BCUT2D eigenvalue weighted by Gasteiger charge is -2.32. The molecule has 0 unspecified atom stereocenters. The lowest BCUT2D eigenvalue weighted by molar-refractivity contribution is -0.117. The van der Waals surface area contributed by atoms with Crippen LogP contribution in [0, 0.1) is 12.8 Å². The summed E-state index contributed by atoms with van der Waals surface area (Å²) in [6, 6.07) is 24.4. The number of ether oxygens (including phenoxy) is 1. The first-order valence-corrected chi connectivity index (χ1v) is 13.3. The SMILES string of the molecule is CCc1cccc(C)c1NC(=O)CN1CCC(Cn2c(COc3ccccc3)nc3ccccc32)CC1. The Hall–Kier alpha value is -3.64. The largest absolute Gasteiger partial charge is 0.486 e. The molecule has 0 saturated carbocycles. The van der Waals surface area contributed by atoms with Crippen LogP contribution in [0.4, 0.5) is 5.69 Å². The van der Waals surface area contributed by atoms with E-state index in [4.69, 9.17) is 9.72 Å². The molecule has 192 valence electrons. The fraction of sp³-hybridized carbons (Fsp3) is 0.355. The van der Waals surface area contributed by atoms with E-state index in [1.807, 2.05) is 36.4 Å². The van der Waals surface area contributed by atoms with Crippen molar-refractivity contribution in [3.8, 4) is 5.75 Å². The number of para-hydroxylation sites is 4. The first-order valence-electron chi connectivity index (χ1n) is 13.3. The van der Waals surface area contributed by atoms with Crippen molar-refractivity contribution < 1.29 is 9.53 Å². The smallest absolute Gasteiger partial charge is 0.238 e. The normalized spacial score (nSPS) is 14.6.